The van der Waals surface area contributed by atoms with Gasteiger partial charge < -0.3 is 14.2 Å². The smallest absolute Gasteiger partial charge is 0.227 e. The average Bonchev–Trinajstić information content (AvgIpc) is 3.23. The lowest BCUT2D eigenvalue weighted by Gasteiger charge is -2.19. The molecule has 0 spiro atoms. The van der Waals surface area contributed by atoms with Crippen molar-refractivity contribution >= 4 is 22.6 Å². The number of nitrogens with zero attached hydrogens (tertiary/aromatic N) is 3. The molecule has 5 nitrogen and oxygen atoms in total. The fourth-order valence-electron chi connectivity index (χ4n) is 3.92. The molecule has 2 aromatic carbocycles. The normalized spacial score (nSPS) is 17.2. The van der Waals surface area contributed by atoms with Gasteiger partial charge in [0.25, 0.3) is 0 Å². The van der Waals surface area contributed by atoms with Crippen LogP contribution in [0.25, 0.3) is 11.0 Å². The number of ether oxygens (including phenoxy) is 1. The van der Waals surface area contributed by atoms with E-state index in [-0.39, 0.29) is 11.8 Å². The van der Waals surface area contributed by atoms with Gasteiger partial charge in [0.2, 0.25) is 5.91 Å². The predicted octanol–water partition coefficient (Wildman–Crippen LogP) is 3.90. The largest absolute Gasteiger partial charge is 0.380 e. The van der Waals surface area contributed by atoms with E-state index >= 15 is 0 Å². The molecule has 0 unspecified atom stereocenters. The topological polar surface area (TPSA) is 47.4 Å². The molecule has 1 saturated heterocycles. The Morgan fingerprint density at radius 1 is 1.15 bits per heavy atom. The number of aromatic nitrogens is 2. The Morgan fingerprint density at radius 2 is 1.93 bits per heavy atom. The van der Waals surface area contributed by atoms with Crippen molar-refractivity contribution in [2.45, 2.75) is 32.7 Å². The minimum absolute atomic E-state index is 0.0890. The van der Waals surface area contributed by atoms with Gasteiger partial charge in [-0.2, -0.15) is 0 Å². The predicted molar refractivity (Wildman–Crippen MR) is 107 cm³/mol. The van der Waals surface area contributed by atoms with Gasteiger partial charge in [0.1, 0.15) is 5.82 Å². The Bertz CT molecular complexity index is 963. The lowest BCUT2D eigenvalue weighted by molar-refractivity contribution is -0.117. The van der Waals surface area contributed by atoms with Crippen molar-refractivity contribution in [1.82, 2.24) is 9.55 Å². The zero-order valence-corrected chi connectivity index (χ0v) is 15.9. The van der Waals surface area contributed by atoms with Crippen LogP contribution in [0.5, 0.6) is 0 Å². The summed E-state index contributed by atoms with van der Waals surface area (Å²) in [6.45, 7) is 6.81. The van der Waals surface area contributed by atoms with Crippen LogP contribution in [-0.2, 0) is 16.1 Å². The summed E-state index contributed by atoms with van der Waals surface area (Å²) < 4.78 is 7.80. The summed E-state index contributed by atoms with van der Waals surface area (Å²) in [4.78, 5) is 19.6. The molecule has 2 heterocycles. The lowest BCUT2D eigenvalue weighted by atomic mass is 10.1. The molecule has 1 aromatic heterocycles. The number of amides is 1. The number of para-hydroxylation sites is 3. The summed E-state index contributed by atoms with van der Waals surface area (Å²) in [6, 6.07) is 16.2. The summed E-state index contributed by atoms with van der Waals surface area (Å²) >= 11 is 0. The standard InChI is InChI=1S/C22H25N3O2/c1-3-27-13-12-24-20-11-7-5-9-18(20)23-22(24)17-14-21(26)25(15-17)19-10-6-4-8-16(19)2/h4-11,17H,3,12-15H2,1-2H3/t17-/m0/s1. The van der Waals surface area contributed by atoms with Gasteiger partial charge in [-0.1, -0.05) is 30.3 Å². The van der Waals surface area contributed by atoms with E-state index in [1.165, 1.54) is 0 Å². The number of benzene rings is 2. The summed E-state index contributed by atoms with van der Waals surface area (Å²) in [5, 5.41) is 0. The van der Waals surface area contributed by atoms with Crippen LogP contribution in [0.3, 0.4) is 0 Å². The Balaban J connectivity index is 1.67. The number of rotatable bonds is 6. The maximum absolute atomic E-state index is 12.8. The van der Waals surface area contributed by atoms with E-state index in [0.717, 1.165) is 34.7 Å². The van der Waals surface area contributed by atoms with E-state index in [2.05, 4.69) is 10.6 Å². The van der Waals surface area contributed by atoms with Crippen LogP contribution in [-0.4, -0.2) is 35.2 Å². The number of carbonyl (C=O) groups is 1. The fraction of sp³-hybridized carbons (Fsp3) is 0.364. The fourth-order valence-corrected chi connectivity index (χ4v) is 3.92. The molecule has 0 saturated carbocycles. The Labute approximate surface area is 159 Å². The van der Waals surface area contributed by atoms with Gasteiger partial charge >= 0.3 is 0 Å². The highest BCUT2D eigenvalue weighted by molar-refractivity contribution is 5.97. The minimum Gasteiger partial charge on any atom is -0.380 e. The van der Waals surface area contributed by atoms with Crippen LogP contribution >= 0.6 is 0 Å². The van der Waals surface area contributed by atoms with Crippen molar-refractivity contribution in [3.05, 3.63) is 59.9 Å². The number of hydrogen-bond acceptors (Lipinski definition) is 3. The second-order valence-corrected chi connectivity index (χ2v) is 7.00. The van der Waals surface area contributed by atoms with Crippen molar-refractivity contribution in [2.24, 2.45) is 0 Å². The molecule has 4 rings (SSSR count). The van der Waals surface area contributed by atoms with E-state index in [1.54, 1.807) is 0 Å². The number of anilines is 1. The quantitative estimate of drug-likeness (QED) is 0.624. The third-order valence-corrected chi connectivity index (χ3v) is 5.24. The molecule has 0 N–H and O–H groups in total. The molecule has 0 radical (unpaired) electrons. The molecule has 5 heteroatoms. The maximum Gasteiger partial charge on any atom is 0.227 e. The van der Waals surface area contributed by atoms with Gasteiger partial charge in [-0.15, -0.1) is 0 Å². The van der Waals surface area contributed by atoms with Crippen LogP contribution in [0.4, 0.5) is 5.69 Å². The van der Waals surface area contributed by atoms with Crippen molar-refractivity contribution in [3.63, 3.8) is 0 Å². The van der Waals surface area contributed by atoms with E-state index in [0.29, 0.717) is 26.2 Å². The highest BCUT2D eigenvalue weighted by Gasteiger charge is 2.35. The number of imidazole rings is 1. The van der Waals surface area contributed by atoms with E-state index in [1.807, 2.05) is 61.2 Å². The highest BCUT2D eigenvalue weighted by Crippen LogP contribution is 2.34. The maximum atomic E-state index is 12.8. The first kappa shape index (κ1) is 17.7. The van der Waals surface area contributed by atoms with Gasteiger partial charge in [0.05, 0.1) is 17.6 Å². The van der Waals surface area contributed by atoms with E-state index in [4.69, 9.17) is 9.72 Å². The molecule has 1 aliphatic rings. The van der Waals surface area contributed by atoms with Crippen LogP contribution < -0.4 is 4.90 Å². The third-order valence-electron chi connectivity index (χ3n) is 5.24. The summed E-state index contributed by atoms with van der Waals surface area (Å²) in [5.41, 5.74) is 4.21. The first-order valence-corrected chi connectivity index (χ1v) is 9.58. The molecule has 0 bridgehead atoms. The van der Waals surface area contributed by atoms with Crippen molar-refractivity contribution in [2.75, 3.05) is 24.7 Å². The second-order valence-electron chi connectivity index (χ2n) is 7.00. The second kappa shape index (κ2) is 7.53. The Kier molecular flexibility index (Phi) is 4.94. The minimum atomic E-state index is 0.0890. The average molecular weight is 363 g/mol. The van der Waals surface area contributed by atoms with Crippen molar-refractivity contribution in [1.29, 1.82) is 0 Å². The number of hydrogen-bond donors (Lipinski definition) is 0. The zero-order chi connectivity index (χ0) is 18.8. The highest BCUT2D eigenvalue weighted by atomic mass is 16.5. The van der Waals surface area contributed by atoms with Crippen LogP contribution in [0.2, 0.25) is 0 Å². The Morgan fingerprint density at radius 3 is 2.74 bits per heavy atom. The Hall–Kier alpha value is -2.66. The number of carbonyl (C=O) groups excluding carboxylic acids is 1. The van der Waals surface area contributed by atoms with E-state index < -0.39 is 0 Å². The summed E-state index contributed by atoms with van der Waals surface area (Å²) in [6.07, 6.45) is 0.492. The molecule has 0 aliphatic carbocycles. The molecule has 3 aromatic rings. The molecule has 140 valence electrons. The molecule has 1 fully saturated rings. The summed E-state index contributed by atoms with van der Waals surface area (Å²) in [5.74, 6) is 1.24. The summed E-state index contributed by atoms with van der Waals surface area (Å²) in [7, 11) is 0. The molecular formula is C22H25N3O2. The van der Waals surface area contributed by atoms with E-state index in [9.17, 15) is 4.79 Å². The van der Waals surface area contributed by atoms with Crippen LogP contribution in [0.1, 0.15) is 30.7 Å². The third kappa shape index (κ3) is 3.35. The first-order chi connectivity index (χ1) is 13.2. The first-order valence-electron chi connectivity index (χ1n) is 9.58. The van der Waals surface area contributed by atoms with Gasteiger partial charge in [-0.3, -0.25) is 4.79 Å². The van der Waals surface area contributed by atoms with Gasteiger partial charge in [-0.05, 0) is 37.6 Å². The molecular weight excluding hydrogens is 338 g/mol. The molecule has 1 aliphatic heterocycles. The number of aryl methyl sites for hydroxylation is 1. The number of fused-ring (bicyclic) bond motifs is 1. The van der Waals surface area contributed by atoms with Crippen LogP contribution in [0.15, 0.2) is 48.5 Å². The van der Waals surface area contributed by atoms with Crippen molar-refractivity contribution < 1.29 is 9.53 Å². The van der Waals surface area contributed by atoms with Gasteiger partial charge in [0.15, 0.2) is 0 Å². The zero-order valence-electron chi connectivity index (χ0n) is 15.9. The lowest BCUT2D eigenvalue weighted by Crippen LogP contribution is -2.25. The van der Waals surface area contributed by atoms with Crippen LogP contribution in [0, 0.1) is 6.92 Å². The SMILES string of the molecule is CCOCCn1c([C@H]2CC(=O)N(c3ccccc3C)C2)nc2ccccc21. The molecule has 27 heavy (non-hydrogen) atoms. The molecule has 1 amide bonds. The molecule has 1 atom stereocenters. The monoisotopic (exact) mass is 363 g/mol. The van der Waals surface area contributed by atoms with Gasteiger partial charge in [-0.25, -0.2) is 4.98 Å². The van der Waals surface area contributed by atoms with Gasteiger partial charge in [0, 0.05) is 37.7 Å². The van der Waals surface area contributed by atoms with Crippen molar-refractivity contribution in [3.8, 4) is 0 Å².